The van der Waals surface area contributed by atoms with Crippen LogP contribution in [0.3, 0.4) is 0 Å². The van der Waals surface area contributed by atoms with Gasteiger partial charge in [0, 0.05) is 11.8 Å². The average Bonchev–Trinajstić information content (AvgIpc) is 3.11. The molecule has 0 aliphatic heterocycles. The molecule has 0 bridgehead atoms. The fourth-order valence-corrected chi connectivity index (χ4v) is 3.08. The van der Waals surface area contributed by atoms with E-state index >= 15 is 0 Å². The summed E-state index contributed by atoms with van der Waals surface area (Å²) in [5, 5.41) is 13.1. The fourth-order valence-electron chi connectivity index (χ4n) is 2.05. The molecular weight excluding hydrogens is 325 g/mol. The molecule has 22 heavy (non-hydrogen) atoms. The van der Waals surface area contributed by atoms with E-state index in [1.165, 1.54) is 17.4 Å². The third kappa shape index (κ3) is 2.06. The highest BCUT2D eigenvalue weighted by Gasteiger charge is 2.17. The Hall–Kier alpha value is -2.38. The van der Waals surface area contributed by atoms with Crippen LogP contribution in [0.15, 0.2) is 42.6 Å². The molecule has 108 valence electrons. The molecule has 0 spiro atoms. The first-order valence-corrected chi connectivity index (χ1v) is 7.51. The molecule has 1 aromatic carbocycles. The van der Waals surface area contributed by atoms with E-state index in [1.807, 2.05) is 18.2 Å². The number of fused-ring (bicyclic) bond motifs is 1. The van der Waals surface area contributed by atoms with Crippen molar-refractivity contribution >= 4 is 27.9 Å². The molecule has 0 N–H and O–H groups in total. The Morgan fingerprint density at radius 1 is 1.09 bits per heavy atom. The van der Waals surface area contributed by atoms with Gasteiger partial charge in [-0.3, -0.25) is 4.98 Å². The zero-order valence-electron chi connectivity index (χ0n) is 10.9. The van der Waals surface area contributed by atoms with Crippen LogP contribution in [0.25, 0.3) is 27.1 Å². The summed E-state index contributed by atoms with van der Waals surface area (Å²) in [5.74, 6) is 0.0223. The highest BCUT2D eigenvalue weighted by molar-refractivity contribution is 7.19. The van der Waals surface area contributed by atoms with Crippen molar-refractivity contribution in [1.29, 1.82) is 0 Å². The molecule has 0 fully saturated rings. The highest BCUT2D eigenvalue weighted by Crippen LogP contribution is 2.31. The Kier molecular flexibility index (Phi) is 3.09. The lowest BCUT2D eigenvalue weighted by Gasteiger charge is -1.99. The third-order valence-electron chi connectivity index (χ3n) is 3.07. The van der Waals surface area contributed by atoms with Crippen LogP contribution >= 0.6 is 22.9 Å². The van der Waals surface area contributed by atoms with Gasteiger partial charge in [0.05, 0.1) is 5.02 Å². The van der Waals surface area contributed by atoms with Gasteiger partial charge in [-0.25, -0.2) is 4.39 Å². The predicted octanol–water partition coefficient (Wildman–Crippen LogP) is 3.71. The van der Waals surface area contributed by atoms with Gasteiger partial charge >= 0.3 is 0 Å². The summed E-state index contributed by atoms with van der Waals surface area (Å²) < 4.78 is 15.7. The van der Waals surface area contributed by atoms with Gasteiger partial charge in [0.2, 0.25) is 10.8 Å². The van der Waals surface area contributed by atoms with Gasteiger partial charge in [0.1, 0.15) is 5.69 Å². The second kappa shape index (κ2) is 5.11. The maximum absolute atomic E-state index is 14.1. The molecule has 0 amide bonds. The lowest BCUT2D eigenvalue weighted by Crippen LogP contribution is -1.93. The number of rotatable bonds is 2. The molecule has 5 nitrogen and oxygen atoms in total. The van der Waals surface area contributed by atoms with E-state index in [1.54, 1.807) is 22.8 Å². The predicted molar refractivity (Wildman–Crippen MR) is 82.3 cm³/mol. The topological polar surface area (TPSA) is 56.0 Å². The Labute approximate surface area is 133 Å². The van der Waals surface area contributed by atoms with E-state index in [0.29, 0.717) is 27.1 Å². The summed E-state index contributed by atoms with van der Waals surface area (Å²) in [6, 6.07) is 10.3. The minimum Gasteiger partial charge on any atom is -0.253 e. The van der Waals surface area contributed by atoms with Crippen LogP contribution in [-0.4, -0.2) is 24.8 Å². The number of benzene rings is 1. The van der Waals surface area contributed by atoms with Crippen LogP contribution in [0.4, 0.5) is 4.39 Å². The molecule has 8 heteroatoms. The van der Waals surface area contributed by atoms with Crippen molar-refractivity contribution < 1.29 is 4.39 Å². The third-order valence-corrected chi connectivity index (χ3v) is 4.29. The van der Waals surface area contributed by atoms with Crippen LogP contribution in [0.2, 0.25) is 5.02 Å². The van der Waals surface area contributed by atoms with E-state index in [-0.39, 0.29) is 5.02 Å². The van der Waals surface area contributed by atoms with Gasteiger partial charge in [-0.2, -0.15) is 9.61 Å². The van der Waals surface area contributed by atoms with Gasteiger partial charge in [0.15, 0.2) is 10.8 Å². The number of aromatic nitrogens is 5. The molecule has 0 saturated heterocycles. The monoisotopic (exact) mass is 331 g/mol. The molecule has 4 aromatic rings. The summed E-state index contributed by atoms with van der Waals surface area (Å²) in [6.07, 6.45) is 1.67. The summed E-state index contributed by atoms with van der Waals surface area (Å²) in [4.78, 5) is 4.80. The van der Waals surface area contributed by atoms with Crippen LogP contribution in [0.1, 0.15) is 0 Å². The van der Waals surface area contributed by atoms with Crippen LogP contribution in [-0.2, 0) is 0 Å². The molecule has 4 rings (SSSR count). The van der Waals surface area contributed by atoms with Crippen molar-refractivity contribution in [1.82, 2.24) is 24.8 Å². The first-order valence-electron chi connectivity index (χ1n) is 6.32. The van der Waals surface area contributed by atoms with E-state index < -0.39 is 5.82 Å². The van der Waals surface area contributed by atoms with Crippen molar-refractivity contribution in [3.8, 4) is 22.1 Å². The molecule has 0 aliphatic carbocycles. The number of pyridine rings is 1. The second-order valence-corrected chi connectivity index (χ2v) is 5.80. The Balaban J connectivity index is 1.89. The molecular formula is C14H7ClFN5S. The lowest BCUT2D eigenvalue weighted by atomic mass is 10.2. The van der Waals surface area contributed by atoms with E-state index in [2.05, 4.69) is 20.3 Å². The van der Waals surface area contributed by atoms with Crippen molar-refractivity contribution in [2.45, 2.75) is 0 Å². The summed E-state index contributed by atoms with van der Waals surface area (Å²) in [7, 11) is 0. The zero-order chi connectivity index (χ0) is 15.1. The Bertz CT molecular complexity index is 966. The number of halogens is 2. The zero-order valence-corrected chi connectivity index (χ0v) is 12.5. The van der Waals surface area contributed by atoms with E-state index in [9.17, 15) is 4.39 Å². The van der Waals surface area contributed by atoms with Crippen LogP contribution in [0, 0.1) is 5.82 Å². The molecule has 0 radical (unpaired) electrons. The Morgan fingerprint density at radius 2 is 2.00 bits per heavy atom. The van der Waals surface area contributed by atoms with Crippen molar-refractivity contribution in [2.24, 2.45) is 0 Å². The molecule has 3 heterocycles. The Morgan fingerprint density at radius 3 is 2.82 bits per heavy atom. The first kappa shape index (κ1) is 13.3. The fraction of sp³-hybridized carbons (Fsp3) is 0. The van der Waals surface area contributed by atoms with Gasteiger partial charge in [-0.15, -0.1) is 10.2 Å². The first-order chi connectivity index (χ1) is 10.7. The summed E-state index contributed by atoms with van der Waals surface area (Å²) >= 11 is 7.06. The minimum atomic E-state index is -0.492. The van der Waals surface area contributed by atoms with Crippen LogP contribution in [0.5, 0.6) is 0 Å². The number of hydrogen-bond donors (Lipinski definition) is 0. The smallest absolute Gasteiger partial charge is 0.235 e. The molecule has 0 aliphatic rings. The second-order valence-electron chi connectivity index (χ2n) is 4.44. The van der Waals surface area contributed by atoms with E-state index in [0.717, 1.165) is 0 Å². The van der Waals surface area contributed by atoms with Gasteiger partial charge in [0.25, 0.3) is 0 Å². The minimum absolute atomic E-state index is 0.0633. The molecule has 0 unspecified atom stereocenters. The van der Waals surface area contributed by atoms with Crippen molar-refractivity contribution in [3.05, 3.63) is 53.4 Å². The maximum atomic E-state index is 14.1. The van der Waals surface area contributed by atoms with E-state index in [4.69, 9.17) is 11.6 Å². The summed E-state index contributed by atoms with van der Waals surface area (Å²) in [5.41, 5.74) is 0.994. The van der Waals surface area contributed by atoms with Gasteiger partial charge in [-0.05, 0) is 24.3 Å². The quantitative estimate of drug-likeness (QED) is 0.562. The SMILES string of the molecule is Fc1c(Cl)cccc1-c1nn2c(-c3ccccn3)nnc2s1. The lowest BCUT2D eigenvalue weighted by molar-refractivity contribution is 0.631. The molecule has 0 atom stereocenters. The number of hydrogen-bond acceptors (Lipinski definition) is 5. The number of nitrogens with zero attached hydrogens (tertiary/aromatic N) is 5. The highest BCUT2D eigenvalue weighted by atomic mass is 35.5. The summed E-state index contributed by atoms with van der Waals surface area (Å²) in [6.45, 7) is 0. The standard InChI is InChI=1S/C14H7ClFN5S/c15-9-5-3-4-8(11(9)16)13-20-21-12(18-19-14(21)22-13)10-6-1-2-7-17-10/h1-7H. The van der Waals surface area contributed by atoms with Crippen molar-refractivity contribution in [2.75, 3.05) is 0 Å². The normalized spacial score (nSPS) is 11.2. The van der Waals surface area contributed by atoms with Crippen molar-refractivity contribution in [3.63, 3.8) is 0 Å². The van der Waals surface area contributed by atoms with Crippen LogP contribution < -0.4 is 0 Å². The molecule has 3 aromatic heterocycles. The largest absolute Gasteiger partial charge is 0.253 e. The van der Waals surface area contributed by atoms with Gasteiger partial charge in [-0.1, -0.05) is 35.1 Å². The van der Waals surface area contributed by atoms with Gasteiger partial charge < -0.3 is 0 Å². The average molecular weight is 332 g/mol. The molecule has 0 saturated carbocycles. The maximum Gasteiger partial charge on any atom is 0.235 e.